The Bertz CT molecular complexity index is 1950. The number of hydrogen-bond acceptors (Lipinski definition) is 6. The van der Waals surface area contributed by atoms with Gasteiger partial charge in [-0.05, 0) is 128 Å². The van der Waals surface area contributed by atoms with Crippen molar-refractivity contribution >= 4 is 19.7 Å². The Kier molecular flexibility index (Phi) is 62.2. The summed E-state index contributed by atoms with van der Waals surface area (Å²) in [5.41, 5.74) is 0. The van der Waals surface area contributed by atoms with Gasteiger partial charge in [-0.25, -0.2) is 4.57 Å². The molecular weight excluding hydrogens is 1100 g/mol. The lowest BCUT2D eigenvalue weighted by atomic mass is 10.0. The maximum absolute atomic E-state index is 13.6. The molecule has 0 aliphatic rings. The van der Waals surface area contributed by atoms with Gasteiger partial charge in [0.05, 0.1) is 33.8 Å². The number of allylic oxidation sites excluding steroid dienone is 21. The highest BCUT2D eigenvalue weighted by molar-refractivity contribution is 7.47. The summed E-state index contributed by atoms with van der Waals surface area (Å²) >= 11 is 0. The second-order valence-corrected chi connectivity index (χ2v) is 26.1. The molecule has 9 nitrogen and oxygen atoms in total. The minimum Gasteiger partial charge on any atom is -0.456 e. The van der Waals surface area contributed by atoms with E-state index in [4.69, 9.17) is 13.8 Å². The number of amides is 1. The number of unbranched alkanes of at least 4 members (excludes halogenated alkanes) is 27. The van der Waals surface area contributed by atoms with Gasteiger partial charge in [-0.3, -0.25) is 18.6 Å². The molecule has 0 aromatic carbocycles. The van der Waals surface area contributed by atoms with Crippen LogP contribution in [0.25, 0.3) is 0 Å². The van der Waals surface area contributed by atoms with Crippen LogP contribution in [-0.2, 0) is 27.9 Å². The van der Waals surface area contributed by atoms with Crippen molar-refractivity contribution in [1.29, 1.82) is 0 Å². The lowest BCUT2D eigenvalue weighted by Gasteiger charge is -2.27. The standard InChI is InChI=1S/C77H133N2O7P/c1-7-10-13-16-19-22-25-28-30-32-34-36-38-39-41-42-44-46-48-51-54-57-60-63-66-69-76(80)78-74(73-85-87(82,83)84-72-71-79(4,5)6)75(68-65-62-59-56-53-50-27-24-21-18-15-12-9-3)86-77(81)70-67-64-61-58-55-52-49-47-45-43-40-37-35-33-31-29-26-23-20-17-14-11-8-2/h10,13,19-20,22-23,28-31,34-37,39,41,43-46,65,68,74-75H,7-9,11-12,14-18,21,24-27,32-33,38,40,42,47-64,66-67,69-73H2,1-6H3,(H-,78,80,82,83)/p+1/b13-10-,22-19-,23-20-,30-28-,31-29-,36-34-,37-35-,41-39-,45-43-,46-44-,68-65+. The molecule has 1 amide bonds. The fourth-order valence-corrected chi connectivity index (χ4v) is 10.4. The second kappa shape index (κ2) is 65.1. The maximum atomic E-state index is 13.6. The number of phosphoric ester groups is 1. The molecule has 0 spiro atoms. The molecule has 0 radical (unpaired) electrons. The molecule has 2 N–H and O–H groups in total. The van der Waals surface area contributed by atoms with Crippen molar-refractivity contribution in [3.8, 4) is 0 Å². The molecule has 0 heterocycles. The van der Waals surface area contributed by atoms with Gasteiger partial charge in [0, 0.05) is 12.8 Å². The van der Waals surface area contributed by atoms with E-state index in [0.717, 1.165) is 154 Å². The monoisotopic (exact) mass is 1230 g/mol. The summed E-state index contributed by atoms with van der Waals surface area (Å²) in [6, 6.07) is -0.873. The van der Waals surface area contributed by atoms with E-state index in [2.05, 4.69) is 148 Å². The SMILES string of the molecule is CC/C=C\C/C=C\C/C=C\C/C=C\C/C=C\C/C=C\CCCCCCCCC(=O)NC(COP(=O)(O)OCC[N+](C)(C)C)C(/C=C/CCCCCCCCCCCCC)OC(=O)CCCCCCCCC/C=C\C/C=C\C/C=C\C/C=C\CCCCC. The zero-order chi connectivity index (χ0) is 63.5. The number of nitrogens with one attached hydrogen (secondary N) is 1. The van der Waals surface area contributed by atoms with E-state index in [-0.39, 0.29) is 31.5 Å². The van der Waals surface area contributed by atoms with Crippen molar-refractivity contribution in [2.45, 2.75) is 303 Å². The van der Waals surface area contributed by atoms with Gasteiger partial charge in [0.15, 0.2) is 0 Å². The summed E-state index contributed by atoms with van der Waals surface area (Å²) in [7, 11) is 1.46. The number of carbonyl (C=O) groups excluding carboxylic acids is 2. The van der Waals surface area contributed by atoms with Crippen LogP contribution in [0.1, 0.15) is 290 Å². The van der Waals surface area contributed by atoms with Crippen LogP contribution in [0, 0.1) is 0 Å². The number of phosphoric acid groups is 1. The summed E-state index contributed by atoms with van der Waals surface area (Å²) in [5.74, 6) is -0.538. The summed E-state index contributed by atoms with van der Waals surface area (Å²) in [6.07, 6.45) is 93.1. The quantitative estimate of drug-likeness (QED) is 0.0205. The zero-order valence-electron chi connectivity index (χ0n) is 57.0. The third kappa shape index (κ3) is 66.4. The van der Waals surface area contributed by atoms with Crippen molar-refractivity contribution in [3.63, 3.8) is 0 Å². The summed E-state index contributed by atoms with van der Waals surface area (Å²) in [6.45, 7) is 6.86. The van der Waals surface area contributed by atoms with Crippen molar-refractivity contribution in [1.82, 2.24) is 5.32 Å². The number of rotatable bonds is 63. The van der Waals surface area contributed by atoms with Crippen LogP contribution in [0.5, 0.6) is 0 Å². The molecule has 0 saturated heterocycles. The Balaban J connectivity index is 5.21. The molecule has 0 saturated carbocycles. The van der Waals surface area contributed by atoms with E-state index < -0.39 is 20.0 Å². The molecule has 0 aliphatic carbocycles. The Morgan fingerprint density at radius 2 is 0.736 bits per heavy atom. The number of likely N-dealkylation sites (N-methyl/N-ethyl adjacent to an activating group) is 1. The number of hydrogen-bond donors (Lipinski definition) is 2. The molecule has 0 rings (SSSR count). The molecule has 3 unspecified atom stereocenters. The van der Waals surface area contributed by atoms with Crippen LogP contribution in [0.3, 0.4) is 0 Å². The average molecular weight is 1230 g/mol. The van der Waals surface area contributed by atoms with E-state index in [1.54, 1.807) is 0 Å². The third-order valence-corrected chi connectivity index (χ3v) is 16.1. The van der Waals surface area contributed by atoms with E-state index in [9.17, 15) is 19.0 Å². The van der Waals surface area contributed by atoms with Crippen LogP contribution >= 0.6 is 7.82 Å². The van der Waals surface area contributed by atoms with Gasteiger partial charge < -0.3 is 19.4 Å². The lowest BCUT2D eigenvalue weighted by Crippen LogP contribution is -2.47. The number of nitrogens with zero attached hydrogens (tertiary/aromatic N) is 1. The average Bonchev–Trinajstić information content (AvgIpc) is 3.70. The first-order chi connectivity index (χ1) is 42.4. The fraction of sp³-hybridized carbons (Fsp3) is 0.688. The number of carbonyl (C=O) groups is 2. The number of esters is 1. The van der Waals surface area contributed by atoms with Crippen molar-refractivity contribution < 1.29 is 37.3 Å². The highest BCUT2D eigenvalue weighted by Crippen LogP contribution is 2.43. The second-order valence-electron chi connectivity index (χ2n) is 24.7. The minimum absolute atomic E-state index is 0.0280. The Morgan fingerprint density at radius 3 is 1.13 bits per heavy atom. The first kappa shape index (κ1) is 83.2. The summed E-state index contributed by atoms with van der Waals surface area (Å²) < 4.78 is 30.8. The van der Waals surface area contributed by atoms with Crippen molar-refractivity contribution in [2.24, 2.45) is 0 Å². The van der Waals surface area contributed by atoms with Crippen LogP contribution in [0.15, 0.2) is 134 Å². The van der Waals surface area contributed by atoms with Crippen molar-refractivity contribution in [3.05, 3.63) is 134 Å². The number of quaternary nitrogens is 1. The van der Waals surface area contributed by atoms with Crippen LogP contribution in [0.4, 0.5) is 0 Å². The molecule has 0 aliphatic heterocycles. The summed E-state index contributed by atoms with van der Waals surface area (Å²) in [4.78, 5) is 37.9. The minimum atomic E-state index is -4.47. The van der Waals surface area contributed by atoms with E-state index in [1.807, 2.05) is 33.3 Å². The predicted octanol–water partition coefficient (Wildman–Crippen LogP) is 22.8. The first-order valence-corrected chi connectivity index (χ1v) is 37.0. The Labute approximate surface area is 536 Å². The predicted molar refractivity (Wildman–Crippen MR) is 378 cm³/mol. The smallest absolute Gasteiger partial charge is 0.456 e. The molecule has 0 aromatic heterocycles. The van der Waals surface area contributed by atoms with Crippen LogP contribution < -0.4 is 5.32 Å². The normalized spacial score (nSPS) is 14.3. The molecule has 87 heavy (non-hydrogen) atoms. The number of ether oxygens (including phenoxy) is 1. The summed E-state index contributed by atoms with van der Waals surface area (Å²) in [5, 5.41) is 3.06. The van der Waals surface area contributed by atoms with Crippen LogP contribution in [0.2, 0.25) is 0 Å². The topological polar surface area (TPSA) is 111 Å². The molecule has 0 bridgehead atoms. The third-order valence-electron chi connectivity index (χ3n) is 15.1. The van der Waals surface area contributed by atoms with Gasteiger partial charge in [-0.1, -0.05) is 283 Å². The van der Waals surface area contributed by atoms with Crippen molar-refractivity contribution in [2.75, 3.05) is 40.9 Å². The molecular formula is C77H134N2O7P+. The van der Waals surface area contributed by atoms with Crippen LogP contribution in [-0.4, -0.2) is 74.3 Å². The Morgan fingerprint density at radius 1 is 0.414 bits per heavy atom. The Hall–Kier alpha value is -3.85. The lowest BCUT2D eigenvalue weighted by molar-refractivity contribution is -0.870. The molecule has 498 valence electrons. The van der Waals surface area contributed by atoms with E-state index in [0.29, 0.717) is 17.4 Å². The maximum Gasteiger partial charge on any atom is 0.472 e. The van der Waals surface area contributed by atoms with Gasteiger partial charge in [-0.2, -0.15) is 0 Å². The molecule has 3 atom stereocenters. The van der Waals surface area contributed by atoms with Gasteiger partial charge in [0.2, 0.25) is 5.91 Å². The van der Waals surface area contributed by atoms with Gasteiger partial charge in [0.25, 0.3) is 0 Å². The van der Waals surface area contributed by atoms with Gasteiger partial charge >= 0.3 is 13.8 Å². The largest absolute Gasteiger partial charge is 0.472 e. The molecule has 0 aromatic rings. The van der Waals surface area contributed by atoms with Gasteiger partial charge in [0.1, 0.15) is 19.3 Å². The first-order valence-electron chi connectivity index (χ1n) is 35.5. The zero-order valence-corrected chi connectivity index (χ0v) is 57.9. The highest BCUT2D eigenvalue weighted by Gasteiger charge is 2.30. The van der Waals surface area contributed by atoms with E-state index in [1.165, 1.54) is 103 Å². The highest BCUT2D eigenvalue weighted by atomic mass is 31.2. The molecule has 10 heteroatoms. The van der Waals surface area contributed by atoms with Gasteiger partial charge in [-0.15, -0.1) is 0 Å². The van der Waals surface area contributed by atoms with E-state index >= 15 is 0 Å². The fourth-order valence-electron chi connectivity index (χ4n) is 9.63. The molecule has 0 fully saturated rings.